The fourth-order valence-electron chi connectivity index (χ4n) is 1.02. The Bertz CT molecular complexity index is 296. The number of nitrogens with two attached hydrogens (primary N) is 2. The van der Waals surface area contributed by atoms with Crippen LogP contribution >= 0.6 is 0 Å². The highest BCUT2D eigenvalue weighted by Crippen LogP contribution is 2.26. The predicted molar refractivity (Wildman–Crippen MR) is 49.9 cm³/mol. The van der Waals surface area contributed by atoms with Crippen LogP contribution in [0.4, 0.5) is 0 Å². The van der Waals surface area contributed by atoms with Crippen LogP contribution in [0.3, 0.4) is 0 Å². The smallest absolute Gasteiger partial charge is 0.241 e. The van der Waals surface area contributed by atoms with Crippen molar-refractivity contribution in [3.63, 3.8) is 0 Å². The van der Waals surface area contributed by atoms with E-state index in [1.54, 1.807) is 12.2 Å². The van der Waals surface area contributed by atoms with Gasteiger partial charge in [0.2, 0.25) is 11.8 Å². The van der Waals surface area contributed by atoms with Gasteiger partial charge >= 0.3 is 0 Å². The number of amides is 2. The zero-order valence-corrected chi connectivity index (χ0v) is 7.55. The molecule has 14 heavy (non-hydrogen) atoms. The number of rotatable bonds is 5. The number of hydrogen-bond acceptors (Lipinski definition) is 3. The second kappa shape index (κ2) is 4.57. The molecule has 5 nitrogen and oxygen atoms in total. The third-order valence-electron chi connectivity index (χ3n) is 1.72. The fourth-order valence-corrected chi connectivity index (χ4v) is 1.02. The molecule has 0 aromatic rings. The minimum absolute atomic E-state index is 0.0289. The number of carbonyl (C=O) groups is 2. The topological polar surface area (TPSA) is 98.7 Å². The van der Waals surface area contributed by atoms with Crippen LogP contribution < -0.4 is 11.5 Å². The van der Waals surface area contributed by atoms with E-state index in [9.17, 15) is 9.59 Å². The maximum absolute atomic E-state index is 10.3. The third kappa shape index (κ3) is 3.86. The number of carbonyl (C=O) groups excluding carboxylic acids is 2. The Morgan fingerprint density at radius 2 is 1.86 bits per heavy atom. The Morgan fingerprint density at radius 1 is 1.21 bits per heavy atom. The molecular weight excluding hydrogens is 184 g/mol. The van der Waals surface area contributed by atoms with Crippen molar-refractivity contribution < 1.29 is 14.3 Å². The van der Waals surface area contributed by atoms with Crippen LogP contribution in [0.1, 0.15) is 6.42 Å². The summed E-state index contributed by atoms with van der Waals surface area (Å²) < 4.78 is 5.15. The molecule has 1 fully saturated rings. The van der Waals surface area contributed by atoms with Crippen LogP contribution in [0, 0.1) is 0 Å². The average molecular weight is 196 g/mol. The van der Waals surface area contributed by atoms with Gasteiger partial charge in [-0.3, -0.25) is 9.59 Å². The Hall–Kier alpha value is -1.62. The van der Waals surface area contributed by atoms with E-state index in [1.165, 1.54) is 12.2 Å². The lowest BCUT2D eigenvalue weighted by atomic mass is 10.2. The summed E-state index contributed by atoms with van der Waals surface area (Å²) in [5.74, 6) is -0.971. The first-order valence-corrected chi connectivity index (χ1v) is 4.18. The molecule has 2 unspecified atom stereocenters. The van der Waals surface area contributed by atoms with Gasteiger partial charge < -0.3 is 16.2 Å². The van der Waals surface area contributed by atoms with Gasteiger partial charge in [-0.25, -0.2) is 0 Å². The van der Waals surface area contributed by atoms with Crippen LogP contribution in [0.2, 0.25) is 0 Å². The lowest BCUT2D eigenvalue weighted by molar-refractivity contribution is -0.114. The minimum Gasteiger partial charge on any atom is -0.366 e. The number of epoxide rings is 1. The maximum atomic E-state index is 10.3. The number of primary amides is 2. The summed E-state index contributed by atoms with van der Waals surface area (Å²) in [7, 11) is 0. The Morgan fingerprint density at radius 3 is 2.43 bits per heavy atom. The minimum atomic E-state index is -0.494. The summed E-state index contributed by atoms with van der Waals surface area (Å²) in [6, 6.07) is 0. The third-order valence-corrected chi connectivity index (χ3v) is 1.72. The lowest BCUT2D eigenvalue weighted by Crippen LogP contribution is -2.06. The van der Waals surface area contributed by atoms with Gasteiger partial charge in [0, 0.05) is 6.08 Å². The number of hydrogen-bond donors (Lipinski definition) is 2. The molecule has 2 amide bonds. The second-order valence-electron chi connectivity index (χ2n) is 2.94. The van der Waals surface area contributed by atoms with E-state index in [2.05, 4.69) is 0 Å². The molecule has 5 heteroatoms. The van der Waals surface area contributed by atoms with E-state index in [0.29, 0.717) is 6.42 Å². The van der Waals surface area contributed by atoms with Crippen molar-refractivity contribution in [3.8, 4) is 0 Å². The van der Waals surface area contributed by atoms with E-state index in [1.807, 2.05) is 0 Å². The molecule has 0 aliphatic carbocycles. The molecule has 1 aliphatic heterocycles. The molecule has 0 bridgehead atoms. The summed E-state index contributed by atoms with van der Waals surface area (Å²) in [5.41, 5.74) is 9.79. The number of ether oxygens (including phenoxy) is 1. The first-order chi connectivity index (χ1) is 6.59. The SMILES string of the molecule is NC(=O)C=CCC1OC1C=CC(N)=O. The van der Waals surface area contributed by atoms with Gasteiger partial charge in [-0.2, -0.15) is 0 Å². The Kier molecular flexibility index (Phi) is 3.41. The van der Waals surface area contributed by atoms with E-state index in [0.717, 1.165) is 0 Å². The highest BCUT2D eigenvalue weighted by molar-refractivity contribution is 5.86. The molecule has 1 rings (SSSR count). The summed E-state index contributed by atoms with van der Waals surface area (Å²) >= 11 is 0. The molecule has 0 saturated carbocycles. The van der Waals surface area contributed by atoms with Crippen LogP contribution in [0.25, 0.3) is 0 Å². The zero-order valence-electron chi connectivity index (χ0n) is 7.55. The first kappa shape index (κ1) is 10.5. The zero-order chi connectivity index (χ0) is 10.6. The largest absolute Gasteiger partial charge is 0.366 e. The molecule has 1 heterocycles. The molecule has 0 aromatic carbocycles. The molecule has 1 saturated heterocycles. The van der Waals surface area contributed by atoms with Gasteiger partial charge in [0.1, 0.15) is 6.10 Å². The van der Waals surface area contributed by atoms with Crippen LogP contribution in [-0.4, -0.2) is 24.0 Å². The molecular formula is C9H12N2O3. The standard InChI is InChI=1S/C9H12N2O3/c10-8(12)3-1-2-6-7(14-6)4-5-9(11)13/h1,3-7H,2H2,(H2,10,12)(H2,11,13). The van der Waals surface area contributed by atoms with E-state index in [-0.39, 0.29) is 12.2 Å². The van der Waals surface area contributed by atoms with Crippen molar-refractivity contribution >= 4 is 11.8 Å². The lowest BCUT2D eigenvalue weighted by Gasteiger charge is -1.83. The van der Waals surface area contributed by atoms with E-state index < -0.39 is 11.8 Å². The van der Waals surface area contributed by atoms with Crippen molar-refractivity contribution in [3.05, 3.63) is 24.3 Å². The highest BCUT2D eigenvalue weighted by atomic mass is 16.6. The van der Waals surface area contributed by atoms with Gasteiger partial charge in [0.25, 0.3) is 0 Å². The van der Waals surface area contributed by atoms with Gasteiger partial charge in [-0.1, -0.05) is 6.08 Å². The van der Waals surface area contributed by atoms with Crippen molar-refractivity contribution in [2.75, 3.05) is 0 Å². The normalized spacial score (nSPS) is 25.7. The van der Waals surface area contributed by atoms with Crippen molar-refractivity contribution in [2.24, 2.45) is 11.5 Å². The highest BCUT2D eigenvalue weighted by Gasteiger charge is 2.35. The molecule has 4 N–H and O–H groups in total. The van der Waals surface area contributed by atoms with Crippen molar-refractivity contribution in [1.29, 1.82) is 0 Å². The quantitative estimate of drug-likeness (QED) is 0.446. The van der Waals surface area contributed by atoms with Crippen LogP contribution in [0.15, 0.2) is 24.3 Å². The molecule has 2 atom stereocenters. The predicted octanol–water partition coefficient (Wildman–Crippen LogP) is -0.773. The molecule has 76 valence electrons. The van der Waals surface area contributed by atoms with Gasteiger partial charge in [0.15, 0.2) is 0 Å². The maximum Gasteiger partial charge on any atom is 0.241 e. The van der Waals surface area contributed by atoms with Crippen LogP contribution in [0.5, 0.6) is 0 Å². The molecule has 0 aromatic heterocycles. The van der Waals surface area contributed by atoms with Crippen LogP contribution in [-0.2, 0) is 14.3 Å². The molecule has 0 spiro atoms. The Labute approximate surface area is 81.4 Å². The summed E-state index contributed by atoms with van der Waals surface area (Å²) in [6.07, 6.45) is 6.37. The van der Waals surface area contributed by atoms with Gasteiger partial charge in [-0.15, -0.1) is 0 Å². The molecule has 1 aliphatic rings. The molecule has 0 radical (unpaired) electrons. The first-order valence-electron chi connectivity index (χ1n) is 4.18. The summed E-state index contributed by atoms with van der Waals surface area (Å²) in [4.78, 5) is 20.7. The average Bonchev–Trinajstić information content (AvgIpc) is 2.79. The van der Waals surface area contributed by atoms with Crippen molar-refractivity contribution in [2.45, 2.75) is 18.6 Å². The monoisotopic (exact) mass is 196 g/mol. The second-order valence-corrected chi connectivity index (χ2v) is 2.94. The summed E-state index contributed by atoms with van der Waals surface area (Å²) in [6.45, 7) is 0. The summed E-state index contributed by atoms with van der Waals surface area (Å²) in [5, 5.41) is 0. The van der Waals surface area contributed by atoms with Crippen molar-refractivity contribution in [1.82, 2.24) is 0 Å². The Balaban J connectivity index is 2.20. The fraction of sp³-hybridized carbons (Fsp3) is 0.333. The van der Waals surface area contributed by atoms with E-state index in [4.69, 9.17) is 16.2 Å². The van der Waals surface area contributed by atoms with Gasteiger partial charge in [-0.05, 0) is 18.6 Å². The van der Waals surface area contributed by atoms with Gasteiger partial charge in [0.05, 0.1) is 6.10 Å². The van der Waals surface area contributed by atoms with E-state index >= 15 is 0 Å².